The number of nitrogens with zero attached hydrogens (tertiary/aromatic N) is 1. The highest BCUT2D eigenvalue weighted by molar-refractivity contribution is 7.91. The Hall–Kier alpha value is -2.46. The van der Waals surface area contributed by atoms with Crippen molar-refractivity contribution < 1.29 is 17.9 Å². The second kappa shape index (κ2) is 12.0. The fraction of sp³-hybridized carbons (Fsp3) is 0.423. The number of nitrogens with one attached hydrogen (secondary N) is 2. The molecule has 0 saturated heterocycles. The van der Waals surface area contributed by atoms with E-state index in [2.05, 4.69) is 27.1 Å². The second-order valence-corrected chi connectivity index (χ2v) is 12.7. The first-order chi connectivity index (χ1) is 16.5. The topological polar surface area (TPSA) is 87.7 Å². The Kier molecular flexibility index (Phi) is 9.29. The number of thiophene rings is 1. The van der Waals surface area contributed by atoms with Crippen LogP contribution in [0.4, 0.5) is 4.79 Å². The van der Waals surface area contributed by atoms with Crippen LogP contribution >= 0.6 is 11.3 Å². The van der Waals surface area contributed by atoms with Crippen LogP contribution in [-0.4, -0.2) is 51.7 Å². The summed E-state index contributed by atoms with van der Waals surface area (Å²) in [5.41, 5.74) is 1.73. The van der Waals surface area contributed by atoms with E-state index < -0.39 is 21.7 Å². The van der Waals surface area contributed by atoms with Crippen LogP contribution in [0.15, 0.2) is 58.8 Å². The van der Waals surface area contributed by atoms with Crippen molar-refractivity contribution in [3.05, 3.63) is 65.7 Å². The van der Waals surface area contributed by atoms with Gasteiger partial charge >= 0.3 is 6.09 Å². The summed E-state index contributed by atoms with van der Waals surface area (Å²) < 4.78 is 34.5. The highest BCUT2D eigenvalue weighted by atomic mass is 32.2. The lowest BCUT2D eigenvalue weighted by molar-refractivity contribution is 0.0523. The molecule has 3 rings (SSSR count). The predicted octanol–water partition coefficient (Wildman–Crippen LogP) is 4.77. The maximum absolute atomic E-state index is 12.6. The van der Waals surface area contributed by atoms with Crippen molar-refractivity contribution in [3.8, 4) is 0 Å². The number of carbonyl (C=O) groups excluding carboxylic acids is 1. The number of carbonyl (C=O) groups is 1. The van der Waals surface area contributed by atoms with Gasteiger partial charge in [0.25, 0.3) is 0 Å². The van der Waals surface area contributed by atoms with Gasteiger partial charge in [0.2, 0.25) is 10.0 Å². The van der Waals surface area contributed by atoms with E-state index in [1.807, 2.05) is 64.2 Å². The maximum atomic E-state index is 12.6. The summed E-state index contributed by atoms with van der Waals surface area (Å²) in [6.45, 7) is 7.81. The van der Waals surface area contributed by atoms with Gasteiger partial charge in [0, 0.05) is 24.3 Å². The number of ether oxygens (including phenoxy) is 1. The molecule has 0 atom stereocenters. The van der Waals surface area contributed by atoms with E-state index in [0.717, 1.165) is 35.0 Å². The van der Waals surface area contributed by atoms with Crippen LogP contribution < -0.4 is 10.0 Å². The molecule has 0 aliphatic carbocycles. The van der Waals surface area contributed by atoms with E-state index >= 15 is 0 Å². The Balaban J connectivity index is 1.35. The third-order valence-electron chi connectivity index (χ3n) is 5.32. The summed E-state index contributed by atoms with van der Waals surface area (Å²) >= 11 is 1.29. The van der Waals surface area contributed by atoms with Crippen molar-refractivity contribution in [2.75, 3.05) is 26.7 Å². The number of alkyl carbamates (subject to hydrolysis) is 1. The number of benzene rings is 2. The van der Waals surface area contributed by atoms with Gasteiger partial charge in [-0.05, 0) is 75.9 Å². The molecule has 0 bridgehead atoms. The van der Waals surface area contributed by atoms with Crippen molar-refractivity contribution >= 4 is 37.5 Å². The molecule has 9 heteroatoms. The molecule has 190 valence electrons. The first kappa shape index (κ1) is 27.1. The zero-order valence-corrected chi connectivity index (χ0v) is 22.5. The number of likely N-dealkylation sites (N-methyl/N-ethyl adjacent to an activating group) is 1. The number of amides is 1. The van der Waals surface area contributed by atoms with Crippen molar-refractivity contribution in [2.45, 2.75) is 50.0 Å². The van der Waals surface area contributed by atoms with Gasteiger partial charge < -0.3 is 15.0 Å². The fourth-order valence-electron chi connectivity index (χ4n) is 3.51. The highest BCUT2D eigenvalue weighted by Gasteiger charge is 2.17. The number of hydrogen-bond acceptors (Lipinski definition) is 6. The third kappa shape index (κ3) is 8.92. The van der Waals surface area contributed by atoms with Gasteiger partial charge in [-0.25, -0.2) is 17.9 Å². The Bertz CT molecular complexity index is 1180. The minimum atomic E-state index is -3.50. The number of sulfonamides is 1. The first-order valence-corrected chi connectivity index (χ1v) is 14.0. The number of aryl methyl sites for hydroxylation is 1. The zero-order chi connectivity index (χ0) is 25.5. The summed E-state index contributed by atoms with van der Waals surface area (Å²) in [6, 6.07) is 17.6. The number of hydrogen-bond donors (Lipinski definition) is 2. The Labute approximate surface area is 212 Å². The van der Waals surface area contributed by atoms with Crippen LogP contribution in [0.2, 0.25) is 0 Å². The van der Waals surface area contributed by atoms with Crippen LogP contribution in [0.5, 0.6) is 0 Å². The van der Waals surface area contributed by atoms with Crippen molar-refractivity contribution in [1.29, 1.82) is 0 Å². The molecule has 0 radical (unpaired) electrons. The predicted molar refractivity (Wildman–Crippen MR) is 142 cm³/mol. The van der Waals surface area contributed by atoms with E-state index in [-0.39, 0.29) is 0 Å². The van der Waals surface area contributed by atoms with Gasteiger partial charge in [0.15, 0.2) is 0 Å². The molecular formula is C26H35N3O4S2. The molecule has 2 N–H and O–H groups in total. The molecular weight excluding hydrogens is 482 g/mol. The van der Waals surface area contributed by atoms with Crippen LogP contribution in [0.1, 0.15) is 38.3 Å². The average molecular weight is 518 g/mol. The van der Waals surface area contributed by atoms with E-state index in [1.54, 1.807) is 6.07 Å². The maximum Gasteiger partial charge on any atom is 0.407 e. The SMILES string of the molecule is CN(CCCc1ccc(CNC(=O)OC(C)(C)C)cc1)CCNS(=O)(=O)c1cc2ccccc2s1. The quantitative estimate of drug-likeness (QED) is 0.383. The normalized spacial score (nSPS) is 12.3. The van der Waals surface area contributed by atoms with E-state index in [4.69, 9.17) is 4.74 Å². The van der Waals surface area contributed by atoms with Gasteiger partial charge in [-0.2, -0.15) is 0 Å². The van der Waals surface area contributed by atoms with Crippen molar-refractivity contribution in [2.24, 2.45) is 0 Å². The smallest absolute Gasteiger partial charge is 0.407 e. The molecule has 1 heterocycles. The average Bonchev–Trinajstić information content (AvgIpc) is 3.23. The molecule has 1 aromatic heterocycles. The van der Waals surface area contributed by atoms with Crippen molar-refractivity contribution in [1.82, 2.24) is 14.9 Å². The molecule has 7 nitrogen and oxygen atoms in total. The monoisotopic (exact) mass is 517 g/mol. The molecule has 1 amide bonds. The fourth-order valence-corrected chi connectivity index (χ4v) is 5.97. The summed E-state index contributed by atoms with van der Waals surface area (Å²) in [5, 5.41) is 3.71. The molecule has 3 aromatic rings. The lowest BCUT2D eigenvalue weighted by Crippen LogP contribution is -2.33. The van der Waals surface area contributed by atoms with Gasteiger partial charge in [-0.15, -0.1) is 11.3 Å². The van der Waals surface area contributed by atoms with E-state index in [1.165, 1.54) is 16.9 Å². The first-order valence-electron chi connectivity index (χ1n) is 11.7. The van der Waals surface area contributed by atoms with Crippen LogP contribution in [0, 0.1) is 0 Å². The molecule has 0 spiro atoms. The summed E-state index contributed by atoms with van der Waals surface area (Å²) in [4.78, 5) is 13.9. The Morgan fingerprint density at radius 2 is 1.71 bits per heavy atom. The second-order valence-electron chi connectivity index (χ2n) is 9.58. The molecule has 0 saturated carbocycles. The largest absolute Gasteiger partial charge is 0.444 e. The van der Waals surface area contributed by atoms with E-state index in [0.29, 0.717) is 23.8 Å². The van der Waals surface area contributed by atoms with Crippen molar-refractivity contribution in [3.63, 3.8) is 0 Å². The minimum Gasteiger partial charge on any atom is -0.444 e. The summed E-state index contributed by atoms with van der Waals surface area (Å²) in [7, 11) is -1.50. The molecule has 0 aliphatic heterocycles. The Morgan fingerprint density at radius 1 is 1.03 bits per heavy atom. The highest BCUT2D eigenvalue weighted by Crippen LogP contribution is 2.28. The molecule has 0 aliphatic rings. The molecule has 2 aromatic carbocycles. The molecule has 35 heavy (non-hydrogen) atoms. The van der Waals surface area contributed by atoms with E-state index in [9.17, 15) is 13.2 Å². The minimum absolute atomic E-state index is 0.353. The van der Waals surface area contributed by atoms with Gasteiger partial charge in [-0.1, -0.05) is 42.5 Å². The number of fused-ring (bicyclic) bond motifs is 1. The zero-order valence-electron chi connectivity index (χ0n) is 20.8. The summed E-state index contributed by atoms with van der Waals surface area (Å²) in [5.74, 6) is 0. The summed E-state index contributed by atoms with van der Waals surface area (Å²) in [6.07, 6.45) is 1.47. The Morgan fingerprint density at radius 3 is 2.40 bits per heavy atom. The lowest BCUT2D eigenvalue weighted by atomic mass is 10.1. The van der Waals surface area contributed by atoms with Gasteiger partial charge in [0.1, 0.15) is 9.81 Å². The van der Waals surface area contributed by atoms with Crippen LogP contribution in [-0.2, 0) is 27.7 Å². The molecule has 0 unspecified atom stereocenters. The van der Waals surface area contributed by atoms with Gasteiger partial charge in [-0.3, -0.25) is 0 Å². The van der Waals surface area contributed by atoms with Crippen LogP contribution in [0.25, 0.3) is 10.1 Å². The standard InChI is InChI=1S/C26H35N3O4S2/c1-26(2,3)33-25(30)27-19-21-13-11-20(12-14-21)8-7-16-29(4)17-15-28-35(31,32)24-18-22-9-5-6-10-23(22)34-24/h5-6,9-14,18,28H,7-8,15-17,19H2,1-4H3,(H,27,30). The third-order valence-corrected chi connectivity index (χ3v) is 8.37. The lowest BCUT2D eigenvalue weighted by Gasteiger charge is -2.19. The van der Waals surface area contributed by atoms with Gasteiger partial charge in [0.05, 0.1) is 0 Å². The number of rotatable bonds is 11. The molecule has 0 fully saturated rings. The van der Waals surface area contributed by atoms with Crippen LogP contribution in [0.3, 0.4) is 0 Å².